The first kappa shape index (κ1) is 40.7. The zero-order chi connectivity index (χ0) is 39.8. The molecule has 2 aromatic heterocycles. The van der Waals surface area contributed by atoms with Crippen LogP contribution in [0.4, 0.5) is 11.6 Å². The number of aromatic nitrogens is 4. The van der Waals surface area contributed by atoms with Gasteiger partial charge in [0.05, 0.1) is 40.5 Å². The monoisotopic (exact) mass is 872 g/mol. The van der Waals surface area contributed by atoms with Crippen molar-refractivity contribution in [3.8, 4) is 5.75 Å². The fraction of sp³-hybridized carbons (Fsp3) is 0.320. The van der Waals surface area contributed by atoms with E-state index in [0.717, 1.165) is 18.5 Å². The molecule has 6 rings (SSSR count). The summed E-state index contributed by atoms with van der Waals surface area (Å²) in [4.78, 5) is 88.2. The second-order valence-corrected chi connectivity index (χ2v) is 18.7. The van der Waals surface area contributed by atoms with Gasteiger partial charge in [-0.15, -0.1) is 0 Å². The predicted molar refractivity (Wildman–Crippen MR) is 176 cm³/mol. The smallest absolute Gasteiger partial charge is 0.326 e. The van der Waals surface area contributed by atoms with E-state index < -0.39 is 78.8 Å². The molecular weight excluding hydrogens is 851 g/mol. The van der Waals surface area contributed by atoms with Crippen LogP contribution in [-0.2, 0) is 50.7 Å². The number of aliphatic imine (C=N–C) groups is 1. The van der Waals surface area contributed by atoms with E-state index in [4.69, 9.17) is 33.7 Å². The van der Waals surface area contributed by atoms with Crippen molar-refractivity contribution >= 4 is 88.8 Å². The van der Waals surface area contributed by atoms with E-state index in [-0.39, 0.29) is 56.1 Å². The van der Waals surface area contributed by atoms with Crippen molar-refractivity contribution in [1.29, 1.82) is 0 Å². The van der Waals surface area contributed by atoms with Crippen LogP contribution in [0.15, 0.2) is 56.0 Å². The Labute approximate surface area is 311 Å². The summed E-state index contributed by atoms with van der Waals surface area (Å²) < 4.78 is 76.3. The van der Waals surface area contributed by atoms with Crippen LogP contribution in [0.5, 0.6) is 5.75 Å². The van der Waals surface area contributed by atoms with Gasteiger partial charge in [-0.1, -0.05) is 37.0 Å². The Morgan fingerprint density at radius 2 is 1.70 bits per heavy atom. The summed E-state index contributed by atoms with van der Waals surface area (Å²) in [6.07, 6.45) is -1.80. The Bertz CT molecular complexity index is 2450. The van der Waals surface area contributed by atoms with Crippen molar-refractivity contribution in [2.45, 2.75) is 44.1 Å². The molecule has 0 radical (unpaired) electrons. The van der Waals surface area contributed by atoms with Gasteiger partial charge >= 0.3 is 7.82 Å². The molecule has 0 saturated carbocycles. The van der Waals surface area contributed by atoms with E-state index in [0.29, 0.717) is 0 Å². The van der Waals surface area contributed by atoms with Gasteiger partial charge in [0.15, 0.2) is 11.2 Å². The average Bonchev–Trinajstić information content (AvgIpc) is 3.60. The lowest BCUT2D eigenvalue weighted by molar-refractivity contribution is -0.253. The number of carbonyl (C=O) groups excluding carboxylic acids is 1. The predicted octanol–water partition coefficient (Wildman–Crippen LogP) is 0.931. The van der Waals surface area contributed by atoms with E-state index in [9.17, 15) is 52.5 Å². The second-order valence-electron chi connectivity index (χ2n) is 11.9. The Balaban J connectivity index is 1.07. The van der Waals surface area contributed by atoms with Crippen molar-refractivity contribution in [2.75, 3.05) is 12.3 Å². The lowest BCUT2D eigenvalue weighted by atomic mass is 9.71. The molecule has 2 aliphatic heterocycles. The molecule has 4 N–H and O–H groups in total. The molecule has 29 heteroatoms. The average molecular weight is 873 g/mol. The number of nitrogens with zero attached hydrogens (tertiary/aromatic N) is 4. The number of phosphoric acid groups is 4. The quantitative estimate of drug-likeness (QED) is 0.168. The highest BCUT2D eigenvalue weighted by atomic mass is 35.5. The highest BCUT2D eigenvalue weighted by molar-refractivity contribution is 7.68. The minimum atomic E-state index is -6.54. The molecule has 0 spiro atoms. The first-order valence-electron chi connectivity index (χ1n) is 14.7. The van der Waals surface area contributed by atoms with Gasteiger partial charge in [-0.3, -0.25) is 37.4 Å². The second kappa shape index (κ2) is 14.2. The van der Waals surface area contributed by atoms with Crippen molar-refractivity contribution in [1.82, 2.24) is 19.5 Å². The normalized spacial score (nSPS) is 25.4. The fourth-order valence-corrected chi connectivity index (χ4v) is 11.0. The molecule has 0 bridgehead atoms. The van der Waals surface area contributed by atoms with E-state index >= 15 is 0 Å². The number of allylic oxidation sites excluding steroid dienone is 4. The number of Topliss-reactive ketones (excluding diaryl/α,β-unsaturated/α-hetero) is 1. The molecule has 3 aliphatic rings. The number of imidazole rings is 1. The van der Waals surface area contributed by atoms with Gasteiger partial charge in [0.2, 0.25) is 11.7 Å². The minimum absolute atomic E-state index is 0.0420. The summed E-state index contributed by atoms with van der Waals surface area (Å²) in [7, 11) is -25.2. The molecule has 4 heterocycles. The number of aliphatic hydroxyl groups is 1. The molecule has 1 aliphatic carbocycles. The maximum atomic E-state index is 12.5. The number of nitrogen functional groups attached to an aromatic ring is 1. The van der Waals surface area contributed by atoms with Gasteiger partial charge < -0.3 is 44.2 Å². The topological polar surface area (TPSA) is 355 Å². The van der Waals surface area contributed by atoms with Gasteiger partial charge in [-0.05, 0) is 29.8 Å². The summed E-state index contributed by atoms with van der Waals surface area (Å²) in [6.45, 7) is 2.13. The molecule has 0 amide bonds. The van der Waals surface area contributed by atoms with Crippen molar-refractivity contribution < 1.29 is 74.5 Å². The van der Waals surface area contributed by atoms with E-state index in [2.05, 4.69) is 41.9 Å². The van der Waals surface area contributed by atoms with Crippen LogP contribution in [0.1, 0.15) is 32.1 Å². The Morgan fingerprint density at radius 3 is 2.39 bits per heavy atom. The van der Waals surface area contributed by atoms with Crippen LogP contribution in [0.25, 0.3) is 11.2 Å². The van der Waals surface area contributed by atoms with E-state index in [1.807, 2.05) is 0 Å². The molecule has 3 aromatic rings. The highest BCUT2D eigenvalue weighted by Crippen LogP contribution is 2.67. The number of H-pyrrole nitrogens is 1. The van der Waals surface area contributed by atoms with Crippen LogP contribution in [0, 0.1) is 0 Å². The Morgan fingerprint density at radius 1 is 1.06 bits per heavy atom. The summed E-state index contributed by atoms with van der Waals surface area (Å²) in [5.41, 5.74) is 4.60. The number of aliphatic hydroxyl groups excluding tert-OH is 1. The molecular formula is C25H22Cl2N6O17P4-4. The highest BCUT2D eigenvalue weighted by Gasteiger charge is 2.41. The van der Waals surface area contributed by atoms with Gasteiger partial charge in [0.25, 0.3) is 29.0 Å². The van der Waals surface area contributed by atoms with Crippen molar-refractivity contribution in [3.05, 3.63) is 62.2 Å². The number of ether oxygens (including phenoxy) is 1. The number of nitrogens with two attached hydrogens (primary N) is 1. The SMILES string of the molecule is CC1(C)C2=C(Cl)C(=O)C(Cl)=CC2=Nc2ccc(OP(=O)([O-])OP(=O)([O-])OP(=O)([O-])OP(=O)([O-])OCC3OC(n4cnc5c(=O)[nH]c(N)nc54)CC3O)cc21. The van der Waals surface area contributed by atoms with Crippen molar-refractivity contribution in [2.24, 2.45) is 4.99 Å². The zero-order valence-electron chi connectivity index (χ0n) is 26.9. The number of phosphoric ester groups is 2. The number of anilines is 1. The number of nitrogens with one attached hydrogen (secondary N) is 1. The summed E-state index contributed by atoms with van der Waals surface area (Å²) >= 11 is 12.2. The molecule has 292 valence electrons. The molecule has 7 atom stereocenters. The number of rotatable bonds is 12. The first-order valence-corrected chi connectivity index (χ1v) is 21.3. The third kappa shape index (κ3) is 8.42. The molecule has 1 fully saturated rings. The zero-order valence-corrected chi connectivity index (χ0v) is 32.0. The molecule has 23 nitrogen and oxygen atoms in total. The van der Waals surface area contributed by atoms with Crippen LogP contribution < -0.4 is 35.4 Å². The van der Waals surface area contributed by atoms with Crippen molar-refractivity contribution in [3.63, 3.8) is 0 Å². The number of hydrogen-bond acceptors (Lipinski definition) is 21. The van der Waals surface area contributed by atoms with Gasteiger partial charge in [0, 0.05) is 17.4 Å². The first-order chi connectivity index (χ1) is 24.9. The van der Waals surface area contributed by atoms with Gasteiger partial charge in [0.1, 0.15) is 18.1 Å². The van der Waals surface area contributed by atoms with Crippen LogP contribution >= 0.6 is 54.5 Å². The number of aromatic amines is 1. The number of carbonyl (C=O) groups is 1. The minimum Gasteiger partial charge on any atom is -0.756 e. The van der Waals surface area contributed by atoms with E-state index in [1.54, 1.807) is 13.8 Å². The number of ketones is 1. The summed E-state index contributed by atoms with van der Waals surface area (Å²) in [5, 5.41) is 9.94. The number of halogens is 2. The van der Waals surface area contributed by atoms with Crippen LogP contribution in [0.3, 0.4) is 0 Å². The number of fused-ring (bicyclic) bond motifs is 3. The van der Waals surface area contributed by atoms with Crippen LogP contribution in [-0.4, -0.2) is 54.9 Å². The van der Waals surface area contributed by atoms with Gasteiger partial charge in [-0.2, -0.15) is 4.98 Å². The third-order valence-electron chi connectivity index (χ3n) is 7.84. The lowest BCUT2D eigenvalue weighted by Crippen LogP contribution is -2.32. The molecule has 1 saturated heterocycles. The maximum Gasteiger partial charge on any atom is 0.326 e. The van der Waals surface area contributed by atoms with Crippen LogP contribution in [0.2, 0.25) is 0 Å². The van der Waals surface area contributed by atoms with Gasteiger partial charge in [-0.25, -0.2) is 22.9 Å². The van der Waals surface area contributed by atoms with E-state index in [1.165, 1.54) is 16.7 Å². The Hall–Kier alpha value is -2.91. The Kier molecular flexibility index (Phi) is 10.7. The third-order valence-corrected chi connectivity index (χ3v) is 14.2. The molecule has 54 heavy (non-hydrogen) atoms. The molecule has 7 unspecified atom stereocenters. The number of hydrogen-bond donors (Lipinski definition) is 3. The molecule has 1 aromatic carbocycles. The number of benzene rings is 1. The lowest BCUT2D eigenvalue weighted by Gasteiger charge is -2.37. The summed E-state index contributed by atoms with van der Waals surface area (Å²) in [6, 6.07) is 3.41. The standard InChI is InChI=1S/C25H26Cl2N6O17P4/c1-25(2)11-5-10(3-4-13(11)30-14-6-12(26)21(35)19(27)18(14)25)47-52(39,40)49-54(43,44)50-53(41,42)48-51(37,38)45-8-16-15(34)7-17(46-16)33-9-29-20-22(33)31-24(28)32-23(20)36/h3-6,9,15-17,34H,7-8H2,1-2H3,(H,37,38)(H,39,40)(H,41,42)(H,43,44)(H3,28,31,32,36)/p-4. The largest absolute Gasteiger partial charge is 0.756 e. The fourth-order valence-electron chi connectivity index (χ4n) is 5.63. The summed E-state index contributed by atoms with van der Waals surface area (Å²) in [5.74, 6) is -1.51. The maximum absolute atomic E-state index is 12.5.